The Morgan fingerprint density at radius 3 is 2.88 bits per heavy atom. The van der Waals surface area contributed by atoms with Crippen LogP contribution in [0, 0.1) is 0 Å². The molecule has 84 valence electrons. The van der Waals surface area contributed by atoms with Crippen LogP contribution in [0.25, 0.3) is 10.9 Å². The third kappa shape index (κ3) is 1.94. The highest BCUT2D eigenvalue weighted by Gasteiger charge is 2.08. The number of benzene rings is 1. The molecular weight excluding hydrogens is 224 g/mol. The van der Waals surface area contributed by atoms with E-state index in [0.29, 0.717) is 10.8 Å². The van der Waals surface area contributed by atoms with Gasteiger partial charge < -0.3 is 5.43 Å². The van der Waals surface area contributed by atoms with Gasteiger partial charge in [-0.1, -0.05) is 24.6 Å². The zero-order chi connectivity index (χ0) is 11.5. The molecule has 0 aliphatic carbocycles. The number of hydrogen-bond donors (Lipinski definition) is 2. The van der Waals surface area contributed by atoms with Crippen molar-refractivity contribution in [1.29, 1.82) is 0 Å². The summed E-state index contributed by atoms with van der Waals surface area (Å²) in [4.78, 5) is 8.78. The van der Waals surface area contributed by atoms with Crippen LogP contribution in [0.15, 0.2) is 18.2 Å². The summed E-state index contributed by atoms with van der Waals surface area (Å²) in [5, 5.41) is 1.46. The number of aromatic nitrogens is 2. The molecule has 2 rings (SSSR count). The maximum absolute atomic E-state index is 6.10. The molecule has 0 saturated carbocycles. The minimum atomic E-state index is 0.619. The number of nitrogens with two attached hydrogens (primary N) is 1. The predicted molar refractivity (Wildman–Crippen MR) is 66.4 cm³/mol. The lowest BCUT2D eigenvalue weighted by atomic mass is 10.2. The molecule has 1 heterocycles. The smallest absolute Gasteiger partial charge is 0.151 e. The Kier molecular flexibility index (Phi) is 3.22. The number of para-hydroxylation sites is 1. The molecule has 0 aliphatic heterocycles. The first-order valence-corrected chi connectivity index (χ1v) is 5.55. The van der Waals surface area contributed by atoms with Crippen LogP contribution in [0.2, 0.25) is 5.02 Å². The van der Waals surface area contributed by atoms with Crippen LogP contribution in [-0.4, -0.2) is 9.97 Å². The fourth-order valence-corrected chi connectivity index (χ4v) is 1.83. The Bertz CT molecular complexity index is 513. The Morgan fingerprint density at radius 1 is 1.38 bits per heavy atom. The summed E-state index contributed by atoms with van der Waals surface area (Å²) in [5.74, 6) is 6.83. The molecule has 0 amide bonds. The molecule has 16 heavy (non-hydrogen) atoms. The van der Waals surface area contributed by atoms with Crippen LogP contribution in [0.3, 0.4) is 0 Å². The second-order valence-corrected chi connectivity index (χ2v) is 3.93. The summed E-state index contributed by atoms with van der Waals surface area (Å²) in [6, 6.07) is 5.56. The zero-order valence-corrected chi connectivity index (χ0v) is 9.75. The summed E-state index contributed by atoms with van der Waals surface area (Å²) in [7, 11) is 0. The second-order valence-electron chi connectivity index (χ2n) is 3.52. The van der Waals surface area contributed by atoms with Gasteiger partial charge in [-0.25, -0.2) is 15.8 Å². The van der Waals surface area contributed by atoms with Crippen molar-refractivity contribution in [2.75, 3.05) is 5.43 Å². The van der Waals surface area contributed by atoms with Crippen LogP contribution in [0.4, 0.5) is 5.82 Å². The Hall–Kier alpha value is -1.39. The monoisotopic (exact) mass is 236 g/mol. The number of nitrogens with zero attached hydrogens (tertiary/aromatic N) is 2. The first-order chi connectivity index (χ1) is 7.76. The van der Waals surface area contributed by atoms with Gasteiger partial charge in [0.15, 0.2) is 5.82 Å². The highest BCUT2D eigenvalue weighted by molar-refractivity contribution is 6.35. The van der Waals surface area contributed by atoms with Crippen LogP contribution >= 0.6 is 11.6 Å². The Balaban J connectivity index is 2.69. The van der Waals surface area contributed by atoms with E-state index in [4.69, 9.17) is 17.4 Å². The molecular formula is C11H13ClN4. The number of hydrogen-bond acceptors (Lipinski definition) is 4. The quantitative estimate of drug-likeness (QED) is 0.635. The SMILES string of the molecule is CCCc1nc(NN)c2cccc(Cl)c2n1. The molecule has 0 atom stereocenters. The van der Waals surface area contributed by atoms with Gasteiger partial charge in [-0.2, -0.15) is 0 Å². The van der Waals surface area contributed by atoms with Crippen LogP contribution < -0.4 is 11.3 Å². The topological polar surface area (TPSA) is 63.8 Å². The van der Waals surface area contributed by atoms with Gasteiger partial charge >= 0.3 is 0 Å². The van der Waals surface area contributed by atoms with Gasteiger partial charge in [0.05, 0.1) is 10.5 Å². The summed E-state index contributed by atoms with van der Waals surface area (Å²) in [6.07, 6.45) is 1.80. The number of rotatable bonds is 3. The standard InChI is InChI=1S/C11H13ClN4/c1-2-4-9-14-10-7(11(15-9)16-13)5-3-6-8(10)12/h3,5-6H,2,4,13H2,1H3,(H,14,15,16). The third-order valence-corrected chi connectivity index (χ3v) is 2.64. The summed E-state index contributed by atoms with van der Waals surface area (Å²) in [5.41, 5.74) is 3.33. The van der Waals surface area contributed by atoms with Crippen molar-refractivity contribution in [3.63, 3.8) is 0 Å². The maximum Gasteiger partial charge on any atom is 0.151 e. The normalized spacial score (nSPS) is 10.7. The number of anilines is 1. The Morgan fingerprint density at radius 2 is 2.19 bits per heavy atom. The highest BCUT2D eigenvalue weighted by Crippen LogP contribution is 2.26. The van der Waals surface area contributed by atoms with Crippen molar-refractivity contribution in [1.82, 2.24) is 9.97 Å². The van der Waals surface area contributed by atoms with Crippen LogP contribution in [-0.2, 0) is 6.42 Å². The number of hydrazine groups is 1. The van der Waals surface area contributed by atoms with E-state index in [0.717, 1.165) is 29.6 Å². The van der Waals surface area contributed by atoms with Crippen molar-refractivity contribution < 1.29 is 0 Å². The lowest BCUT2D eigenvalue weighted by Gasteiger charge is -2.08. The van der Waals surface area contributed by atoms with E-state index in [1.807, 2.05) is 18.2 Å². The molecule has 3 N–H and O–H groups in total. The van der Waals surface area contributed by atoms with Crippen LogP contribution in [0.1, 0.15) is 19.2 Å². The molecule has 0 saturated heterocycles. The van der Waals surface area contributed by atoms with E-state index in [9.17, 15) is 0 Å². The lowest BCUT2D eigenvalue weighted by molar-refractivity contribution is 0.845. The number of nitrogens with one attached hydrogen (secondary N) is 1. The van der Waals surface area contributed by atoms with Gasteiger partial charge in [0.25, 0.3) is 0 Å². The minimum absolute atomic E-state index is 0.619. The van der Waals surface area contributed by atoms with E-state index >= 15 is 0 Å². The van der Waals surface area contributed by atoms with Crippen molar-refractivity contribution in [2.45, 2.75) is 19.8 Å². The molecule has 1 aromatic heterocycles. The van der Waals surface area contributed by atoms with Gasteiger partial charge in [0, 0.05) is 11.8 Å². The molecule has 0 fully saturated rings. The molecule has 1 aromatic carbocycles. The van der Waals surface area contributed by atoms with E-state index in [-0.39, 0.29) is 0 Å². The maximum atomic E-state index is 6.10. The lowest BCUT2D eigenvalue weighted by Crippen LogP contribution is -2.11. The fourth-order valence-electron chi connectivity index (χ4n) is 1.61. The summed E-state index contributed by atoms with van der Waals surface area (Å²) < 4.78 is 0. The van der Waals surface area contributed by atoms with E-state index in [1.165, 1.54) is 0 Å². The third-order valence-electron chi connectivity index (χ3n) is 2.33. The van der Waals surface area contributed by atoms with Crippen molar-refractivity contribution >= 4 is 28.3 Å². The molecule has 0 aliphatic rings. The molecule has 0 radical (unpaired) electrons. The zero-order valence-electron chi connectivity index (χ0n) is 9.00. The molecule has 2 aromatic rings. The predicted octanol–water partition coefficient (Wildman–Crippen LogP) is 2.52. The van der Waals surface area contributed by atoms with Crippen molar-refractivity contribution in [3.8, 4) is 0 Å². The number of halogens is 1. The number of nitrogen functional groups attached to an aromatic ring is 1. The molecule has 0 bridgehead atoms. The van der Waals surface area contributed by atoms with E-state index in [1.54, 1.807) is 0 Å². The Labute approximate surface area is 98.8 Å². The average molecular weight is 237 g/mol. The fraction of sp³-hybridized carbons (Fsp3) is 0.273. The first kappa shape index (κ1) is 11.1. The second kappa shape index (κ2) is 4.63. The van der Waals surface area contributed by atoms with E-state index < -0.39 is 0 Å². The largest absolute Gasteiger partial charge is 0.308 e. The van der Waals surface area contributed by atoms with Gasteiger partial charge in [-0.15, -0.1) is 0 Å². The molecule has 4 nitrogen and oxygen atoms in total. The first-order valence-electron chi connectivity index (χ1n) is 5.18. The molecule has 5 heteroatoms. The van der Waals surface area contributed by atoms with Gasteiger partial charge in [-0.05, 0) is 18.6 Å². The van der Waals surface area contributed by atoms with Gasteiger partial charge in [-0.3, -0.25) is 0 Å². The number of fused-ring (bicyclic) bond motifs is 1. The minimum Gasteiger partial charge on any atom is -0.308 e. The molecule has 0 unspecified atom stereocenters. The highest BCUT2D eigenvalue weighted by atomic mass is 35.5. The van der Waals surface area contributed by atoms with E-state index in [2.05, 4.69) is 22.3 Å². The van der Waals surface area contributed by atoms with Gasteiger partial charge in [0.2, 0.25) is 0 Å². The summed E-state index contributed by atoms with van der Waals surface area (Å²) >= 11 is 6.10. The van der Waals surface area contributed by atoms with Crippen molar-refractivity contribution in [3.05, 3.63) is 29.0 Å². The van der Waals surface area contributed by atoms with Crippen LogP contribution in [0.5, 0.6) is 0 Å². The number of aryl methyl sites for hydroxylation is 1. The molecule has 0 spiro atoms. The average Bonchev–Trinajstić information content (AvgIpc) is 2.30. The van der Waals surface area contributed by atoms with Crippen molar-refractivity contribution in [2.24, 2.45) is 5.84 Å². The van der Waals surface area contributed by atoms with Gasteiger partial charge in [0.1, 0.15) is 5.82 Å². The summed E-state index contributed by atoms with van der Waals surface area (Å²) in [6.45, 7) is 2.08.